The van der Waals surface area contributed by atoms with Crippen LogP contribution in [0, 0.1) is 11.8 Å². The standard InChI is InChI=1S/C17H25N3O/c1-12-10-13-6-5-8-15(13)20(17(21)16(12)18-2)11-14-7-3-4-9-19-14/h3-4,7,9,12-13,15-16,18H,5-6,8,10-11H2,1-2H3. The lowest BCUT2D eigenvalue weighted by Gasteiger charge is -2.32. The molecular weight excluding hydrogens is 262 g/mol. The monoisotopic (exact) mass is 287 g/mol. The van der Waals surface area contributed by atoms with Crippen molar-refractivity contribution >= 4 is 5.91 Å². The highest BCUT2D eigenvalue weighted by atomic mass is 16.2. The van der Waals surface area contributed by atoms with Crippen LogP contribution in [0.5, 0.6) is 0 Å². The predicted molar refractivity (Wildman–Crippen MR) is 82.5 cm³/mol. The minimum Gasteiger partial charge on any atom is -0.332 e. The van der Waals surface area contributed by atoms with E-state index in [9.17, 15) is 4.79 Å². The predicted octanol–water partition coefficient (Wildman–Crippen LogP) is 2.21. The largest absolute Gasteiger partial charge is 0.332 e. The van der Waals surface area contributed by atoms with Gasteiger partial charge in [0.1, 0.15) is 0 Å². The molecule has 1 aliphatic carbocycles. The lowest BCUT2D eigenvalue weighted by molar-refractivity contribution is -0.136. The molecule has 2 aliphatic rings. The van der Waals surface area contributed by atoms with E-state index in [1.165, 1.54) is 12.8 Å². The molecule has 4 nitrogen and oxygen atoms in total. The van der Waals surface area contributed by atoms with Gasteiger partial charge in [-0.3, -0.25) is 9.78 Å². The number of nitrogens with zero attached hydrogens (tertiary/aromatic N) is 2. The number of hydrogen-bond donors (Lipinski definition) is 1. The van der Waals surface area contributed by atoms with Gasteiger partial charge in [-0.05, 0) is 50.3 Å². The molecule has 0 bridgehead atoms. The van der Waals surface area contributed by atoms with Crippen LogP contribution in [0.15, 0.2) is 24.4 Å². The number of aromatic nitrogens is 1. The van der Waals surface area contributed by atoms with Crippen LogP contribution in [-0.2, 0) is 11.3 Å². The van der Waals surface area contributed by atoms with Gasteiger partial charge in [0.15, 0.2) is 0 Å². The van der Waals surface area contributed by atoms with E-state index in [4.69, 9.17) is 0 Å². The van der Waals surface area contributed by atoms with E-state index in [0.29, 0.717) is 24.4 Å². The molecular formula is C17H25N3O. The number of hydrogen-bond acceptors (Lipinski definition) is 3. The summed E-state index contributed by atoms with van der Waals surface area (Å²) in [6, 6.07) is 6.28. The Morgan fingerprint density at radius 1 is 1.38 bits per heavy atom. The van der Waals surface area contributed by atoms with Crippen molar-refractivity contribution in [1.82, 2.24) is 15.2 Å². The van der Waals surface area contributed by atoms with Crippen molar-refractivity contribution in [2.45, 2.75) is 51.2 Å². The zero-order valence-corrected chi connectivity index (χ0v) is 13.0. The fourth-order valence-corrected chi connectivity index (χ4v) is 4.17. The van der Waals surface area contributed by atoms with Crippen molar-refractivity contribution in [3.8, 4) is 0 Å². The Bertz CT molecular complexity index is 490. The van der Waals surface area contributed by atoms with E-state index in [1.807, 2.05) is 31.4 Å². The Morgan fingerprint density at radius 3 is 2.95 bits per heavy atom. The number of carbonyl (C=O) groups excluding carboxylic acids is 1. The van der Waals surface area contributed by atoms with Gasteiger partial charge in [0, 0.05) is 12.2 Å². The van der Waals surface area contributed by atoms with Crippen molar-refractivity contribution in [1.29, 1.82) is 0 Å². The van der Waals surface area contributed by atoms with E-state index in [0.717, 1.165) is 18.5 Å². The highest BCUT2D eigenvalue weighted by Crippen LogP contribution is 2.39. The van der Waals surface area contributed by atoms with Gasteiger partial charge in [-0.25, -0.2) is 0 Å². The zero-order chi connectivity index (χ0) is 14.8. The van der Waals surface area contributed by atoms with Crippen molar-refractivity contribution in [3.63, 3.8) is 0 Å². The Labute approximate surface area is 126 Å². The first-order chi connectivity index (χ1) is 10.2. The first-order valence-electron chi connectivity index (χ1n) is 8.08. The molecule has 0 radical (unpaired) electrons. The maximum atomic E-state index is 13.0. The lowest BCUT2D eigenvalue weighted by atomic mass is 9.90. The van der Waals surface area contributed by atoms with Crippen LogP contribution in [0.4, 0.5) is 0 Å². The molecule has 1 saturated carbocycles. The van der Waals surface area contributed by atoms with Crippen LogP contribution in [0.25, 0.3) is 0 Å². The number of rotatable bonds is 3. The van der Waals surface area contributed by atoms with E-state index >= 15 is 0 Å². The summed E-state index contributed by atoms with van der Waals surface area (Å²) in [5.74, 6) is 1.32. The molecule has 4 atom stereocenters. The highest BCUT2D eigenvalue weighted by Gasteiger charge is 2.42. The second-order valence-corrected chi connectivity index (χ2v) is 6.52. The number of amides is 1. The van der Waals surface area contributed by atoms with Crippen LogP contribution < -0.4 is 5.32 Å². The molecule has 2 fully saturated rings. The average molecular weight is 287 g/mol. The molecule has 114 valence electrons. The van der Waals surface area contributed by atoms with Crippen molar-refractivity contribution in [3.05, 3.63) is 30.1 Å². The molecule has 0 aromatic carbocycles. The van der Waals surface area contributed by atoms with Crippen molar-refractivity contribution in [2.75, 3.05) is 7.05 Å². The second-order valence-electron chi connectivity index (χ2n) is 6.52. The quantitative estimate of drug-likeness (QED) is 0.927. The van der Waals surface area contributed by atoms with Crippen LogP contribution in [0.3, 0.4) is 0 Å². The van der Waals surface area contributed by atoms with Crippen LogP contribution in [-0.4, -0.2) is 34.9 Å². The summed E-state index contributed by atoms with van der Waals surface area (Å²) in [7, 11) is 1.90. The van der Waals surface area contributed by atoms with Crippen LogP contribution in [0.2, 0.25) is 0 Å². The molecule has 4 unspecified atom stereocenters. The van der Waals surface area contributed by atoms with Crippen LogP contribution in [0.1, 0.15) is 38.3 Å². The number of nitrogens with one attached hydrogen (secondary N) is 1. The van der Waals surface area contributed by atoms with Gasteiger partial charge < -0.3 is 10.2 Å². The molecule has 1 aliphatic heterocycles. The van der Waals surface area contributed by atoms with E-state index in [-0.39, 0.29) is 11.9 Å². The zero-order valence-electron chi connectivity index (χ0n) is 13.0. The van der Waals surface area contributed by atoms with E-state index < -0.39 is 0 Å². The van der Waals surface area contributed by atoms with Gasteiger partial charge in [-0.15, -0.1) is 0 Å². The van der Waals surface area contributed by atoms with Crippen molar-refractivity contribution in [2.24, 2.45) is 11.8 Å². The highest BCUT2D eigenvalue weighted by molar-refractivity contribution is 5.83. The number of pyridine rings is 1. The summed E-state index contributed by atoms with van der Waals surface area (Å²) in [6.45, 7) is 2.85. The Morgan fingerprint density at radius 2 is 2.24 bits per heavy atom. The molecule has 3 rings (SSSR count). The maximum absolute atomic E-state index is 13.0. The Balaban J connectivity index is 1.88. The molecule has 0 spiro atoms. The minimum absolute atomic E-state index is 0.0562. The normalized spacial score (nSPS) is 32.9. The summed E-state index contributed by atoms with van der Waals surface area (Å²) in [5, 5.41) is 3.24. The first-order valence-corrected chi connectivity index (χ1v) is 8.08. The maximum Gasteiger partial charge on any atom is 0.240 e. The molecule has 4 heteroatoms. The summed E-state index contributed by atoms with van der Waals surface area (Å²) < 4.78 is 0. The van der Waals surface area contributed by atoms with E-state index in [2.05, 4.69) is 22.1 Å². The molecule has 1 N–H and O–H groups in total. The molecule has 21 heavy (non-hydrogen) atoms. The summed E-state index contributed by atoms with van der Waals surface area (Å²) in [4.78, 5) is 19.5. The SMILES string of the molecule is CNC1C(=O)N(Cc2ccccn2)C2CCCC2CC1C. The van der Waals surface area contributed by atoms with Gasteiger partial charge in [0.05, 0.1) is 18.3 Å². The third kappa shape index (κ3) is 2.82. The Hall–Kier alpha value is -1.42. The first kappa shape index (κ1) is 14.5. The Kier molecular flexibility index (Phi) is 4.24. The van der Waals surface area contributed by atoms with Gasteiger partial charge >= 0.3 is 0 Å². The topological polar surface area (TPSA) is 45.2 Å². The molecule has 1 amide bonds. The number of likely N-dealkylation sites (N-methyl/N-ethyl adjacent to an activating group) is 1. The second kappa shape index (κ2) is 6.14. The van der Waals surface area contributed by atoms with Crippen molar-refractivity contribution < 1.29 is 4.79 Å². The smallest absolute Gasteiger partial charge is 0.240 e. The molecule has 1 aromatic heterocycles. The van der Waals surface area contributed by atoms with Gasteiger partial charge in [-0.1, -0.05) is 19.4 Å². The van der Waals surface area contributed by atoms with Gasteiger partial charge in [0.2, 0.25) is 5.91 Å². The molecule has 2 heterocycles. The summed E-state index contributed by atoms with van der Waals surface area (Å²) in [6.07, 6.45) is 6.62. The number of carbonyl (C=O) groups is 1. The third-order valence-electron chi connectivity index (χ3n) is 5.18. The number of fused-ring (bicyclic) bond motifs is 1. The fourth-order valence-electron chi connectivity index (χ4n) is 4.17. The summed E-state index contributed by atoms with van der Waals surface area (Å²) >= 11 is 0. The molecule has 1 saturated heterocycles. The van der Waals surface area contributed by atoms with Crippen LogP contribution >= 0.6 is 0 Å². The minimum atomic E-state index is -0.0562. The van der Waals surface area contributed by atoms with Gasteiger partial charge in [-0.2, -0.15) is 0 Å². The number of likely N-dealkylation sites (tertiary alicyclic amines) is 1. The third-order valence-corrected chi connectivity index (χ3v) is 5.18. The lowest BCUT2D eigenvalue weighted by Crippen LogP contribution is -2.49. The average Bonchev–Trinajstić information content (AvgIpc) is 2.91. The van der Waals surface area contributed by atoms with Gasteiger partial charge in [0.25, 0.3) is 0 Å². The fraction of sp³-hybridized carbons (Fsp3) is 0.647. The van der Waals surface area contributed by atoms with E-state index in [1.54, 1.807) is 0 Å². The summed E-state index contributed by atoms with van der Waals surface area (Å²) in [5.41, 5.74) is 0.987. The molecule has 1 aromatic rings.